The van der Waals surface area contributed by atoms with E-state index in [1.54, 1.807) is 0 Å². The lowest BCUT2D eigenvalue weighted by atomic mass is 10.1. The van der Waals surface area contributed by atoms with E-state index in [4.69, 9.17) is 4.98 Å². The van der Waals surface area contributed by atoms with Gasteiger partial charge in [0.25, 0.3) is 0 Å². The Morgan fingerprint density at radius 1 is 1.22 bits per heavy atom. The zero-order chi connectivity index (χ0) is 12.4. The summed E-state index contributed by atoms with van der Waals surface area (Å²) in [6.45, 7) is 5.19. The molecule has 0 aliphatic carbocycles. The summed E-state index contributed by atoms with van der Waals surface area (Å²) in [5, 5.41) is 3.41. The number of nitrogens with one attached hydrogen (secondary N) is 1. The lowest BCUT2D eigenvalue weighted by molar-refractivity contribution is 0.499. The van der Waals surface area contributed by atoms with Crippen molar-refractivity contribution in [2.45, 2.75) is 32.9 Å². The minimum absolute atomic E-state index is 0.962. The molecule has 1 aromatic heterocycles. The summed E-state index contributed by atoms with van der Waals surface area (Å²) in [5.74, 6) is 1.24. The number of hydrogen-bond acceptors (Lipinski definition) is 2. The van der Waals surface area contributed by atoms with E-state index in [9.17, 15) is 0 Å². The van der Waals surface area contributed by atoms with E-state index in [0.29, 0.717) is 0 Å². The van der Waals surface area contributed by atoms with Gasteiger partial charge in [0.1, 0.15) is 5.82 Å². The van der Waals surface area contributed by atoms with Crippen molar-refractivity contribution in [3.05, 3.63) is 53.1 Å². The largest absolute Gasteiger partial charge is 0.329 e. The Balaban J connectivity index is 1.77. The molecule has 94 valence electrons. The number of hydrogen-bond donors (Lipinski definition) is 1. The van der Waals surface area contributed by atoms with Crippen molar-refractivity contribution in [1.82, 2.24) is 14.9 Å². The molecule has 0 amide bonds. The zero-order valence-electron chi connectivity index (χ0n) is 10.8. The van der Waals surface area contributed by atoms with Crippen molar-refractivity contribution in [1.29, 1.82) is 0 Å². The lowest BCUT2D eigenvalue weighted by Gasteiger charge is -2.18. The van der Waals surface area contributed by atoms with Gasteiger partial charge in [-0.2, -0.15) is 0 Å². The first-order valence-corrected chi connectivity index (χ1v) is 6.64. The highest BCUT2D eigenvalue weighted by Gasteiger charge is 2.16. The summed E-state index contributed by atoms with van der Waals surface area (Å²) in [7, 11) is 0. The maximum absolute atomic E-state index is 4.73. The van der Waals surface area contributed by atoms with E-state index in [1.807, 2.05) is 0 Å². The van der Waals surface area contributed by atoms with Crippen molar-refractivity contribution in [2.75, 3.05) is 6.54 Å². The third-order valence-electron chi connectivity index (χ3n) is 3.64. The molecule has 0 bridgehead atoms. The molecule has 0 saturated heterocycles. The van der Waals surface area contributed by atoms with Gasteiger partial charge in [-0.1, -0.05) is 30.3 Å². The zero-order valence-corrected chi connectivity index (χ0v) is 10.8. The van der Waals surface area contributed by atoms with Crippen molar-refractivity contribution in [2.24, 2.45) is 0 Å². The standard InChI is InChI=1S/C15H19N3/c1-12-14-11-16-9-10-18(14)15(17-12)8-7-13-5-3-2-4-6-13/h2-6,16H,7-11H2,1H3. The normalized spacial score (nSPS) is 14.5. The summed E-state index contributed by atoms with van der Waals surface area (Å²) in [6, 6.07) is 10.6. The monoisotopic (exact) mass is 241 g/mol. The molecule has 0 unspecified atom stereocenters. The molecule has 0 atom stereocenters. The quantitative estimate of drug-likeness (QED) is 0.891. The van der Waals surface area contributed by atoms with Crippen LogP contribution in [0.1, 0.15) is 22.8 Å². The predicted molar refractivity (Wildman–Crippen MR) is 72.5 cm³/mol. The fraction of sp³-hybridized carbons (Fsp3) is 0.400. The van der Waals surface area contributed by atoms with E-state index < -0.39 is 0 Å². The van der Waals surface area contributed by atoms with Gasteiger partial charge >= 0.3 is 0 Å². The topological polar surface area (TPSA) is 29.9 Å². The minimum Gasteiger partial charge on any atom is -0.329 e. The number of aryl methyl sites for hydroxylation is 3. The molecule has 18 heavy (non-hydrogen) atoms. The molecule has 0 radical (unpaired) electrons. The fourth-order valence-corrected chi connectivity index (χ4v) is 2.65. The van der Waals surface area contributed by atoms with Crippen LogP contribution in [-0.4, -0.2) is 16.1 Å². The van der Waals surface area contributed by atoms with Gasteiger partial charge in [-0.3, -0.25) is 0 Å². The molecule has 2 aromatic rings. The second-order valence-corrected chi connectivity index (χ2v) is 4.87. The van der Waals surface area contributed by atoms with E-state index >= 15 is 0 Å². The van der Waals surface area contributed by atoms with Crippen LogP contribution < -0.4 is 5.32 Å². The average molecular weight is 241 g/mol. The Kier molecular flexibility index (Phi) is 3.15. The lowest BCUT2D eigenvalue weighted by Crippen LogP contribution is -2.29. The summed E-state index contributed by atoms with van der Waals surface area (Å²) < 4.78 is 2.40. The van der Waals surface area contributed by atoms with Crippen LogP contribution in [0.15, 0.2) is 30.3 Å². The molecule has 3 heteroatoms. The van der Waals surface area contributed by atoms with Gasteiger partial charge in [-0.25, -0.2) is 4.98 Å². The summed E-state index contributed by atoms with van der Waals surface area (Å²) in [6.07, 6.45) is 2.11. The van der Waals surface area contributed by atoms with Crippen LogP contribution in [-0.2, 0) is 25.9 Å². The van der Waals surface area contributed by atoms with Crippen LogP contribution in [0.3, 0.4) is 0 Å². The Morgan fingerprint density at radius 3 is 2.89 bits per heavy atom. The van der Waals surface area contributed by atoms with Gasteiger partial charge in [0.15, 0.2) is 0 Å². The molecular weight excluding hydrogens is 222 g/mol. The molecule has 0 saturated carbocycles. The van der Waals surface area contributed by atoms with Crippen LogP contribution in [0.2, 0.25) is 0 Å². The Morgan fingerprint density at radius 2 is 2.06 bits per heavy atom. The predicted octanol–water partition coefficient (Wildman–Crippen LogP) is 2.08. The van der Waals surface area contributed by atoms with Gasteiger partial charge in [-0.15, -0.1) is 0 Å². The van der Waals surface area contributed by atoms with Gasteiger partial charge in [-0.05, 0) is 18.9 Å². The molecule has 1 aromatic carbocycles. The van der Waals surface area contributed by atoms with E-state index in [-0.39, 0.29) is 0 Å². The Bertz CT molecular complexity index is 528. The third-order valence-corrected chi connectivity index (χ3v) is 3.64. The summed E-state index contributed by atoms with van der Waals surface area (Å²) in [5.41, 5.74) is 3.94. The van der Waals surface area contributed by atoms with Gasteiger partial charge in [0.05, 0.1) is 11.4 Å². The van der Waals surface area contributed by atoms with E-state index in [1.165, 1.54) is 22.8 Å². The number of benzene rings is 1. The third kappa shape index (κ3) is 2.18. The Labute approximate surface area is 108 Å². The fourth-order valence-electron chi connectivity index (χ4n) is 2.65. The number of fused-ring (bicyclic) bond motifs is 1. The Hall–Kier alpha value is -1.61. The van der Waals surface area contributed by atoms with Crippen molar-refractivity contribution < 1.29 is 0 Å². The number of nitrogens with zero attached hydrogens (tertiary/aromatic N) is 2. The number of aromatic nitrogens is 2. The number of rotatable bonds is 3. The first kappa shape index (κ1) is 11.5. The highest BCUT2D eigenvalue weighted by molar-refractivity contribution is 5.20. The van der Waals surface area contributed by atoms with E-state index in [0.717, 1.165) is 32.5 Å². The van der Waals surface area contributed by atoms with Crippen LogP contribution in [0, 0.1) is 6.92 Å². The molecule has 1 aliphatic rings. The molecule has 3 nitrogen and oxygen atoms in total. The molecule has 1 aliphatic heterocycles. The highest BCUT2D eigenvalue weighted by Crippen LogP contribution is 2.16. The van der Waals surface area contributed by atoms with Crippen molar-refractivity contribution in [3.63, 3.8) is 0 Å². The van der Waals surface area contributed by atoms with Crippen LogP contribution in [0.5, 0.6) is 0 Å². The van der Waals surface area contributed by atoms with Crippen molar-refractivity contribution in [3.8, 4) is 0 Å². The maximum Gasteiger partial charge on any atom is 0.109 e. The van der Waals surface area contributed by atoms with Crippen LogP contribution >= 0.6 is 0 Å². The van der Waals surface area contributed by atoms with Gasteiger partial charge in [0.2, 0.25) is 0 Å². The van der Waals surface area contributed by atoms with E-state index in [2.05, 4.69) is 47.1 Å². The van der Waals surface area contributed by atoms with Gasteiger partial charge in [0, 0.05) is 26.1 Å². The van der Waals surface area contributed by atoms with Crippen molar-refractivity contribution >= 4 is 0 Å². The highest BCUT2D eigenvalue weighted by atomic mass is 15.1. The SMILES string of the molecule is Cc1nc(CCc2ccccc2)n2c1CNCC2. The summed E-state index contributed by atoms with van der Waals surface area (Å²) in [4.78, 5) is 4.73. The molecular formula is C15H19N3. The average Bonchev–Trinajstić information content (AvgIpc) is 2.75. The molecule has 0 fully saturated rings. The second kappa shape index (κ2) is 4.94. The minimum atomic E-state index is 0.962. The molecule has 1 N–H and O–H groups in total. The second-order valence-electron chi connectivity index (χ2n) is 4.87. The molecule has 0 spiro atoms. The number of imidazole rings is 1. The van der Waals surface area contributed by atoms with Gasteiger partial charge < -0.3 is 9.88 Å². The first-order valence-electron chi connectivity index (χ1n) is 6.64. The van der Waals surface area contributed by atoms with Crippen LogP contribution in [0.25, 0.3) is 0 Å². The molecule has 3 rings (SSSR count). The summed E-state index contributed by atoms with van der Waals surface area (Å²) >= 11 is 0. The maximum atomic E-state index is 4.73. The molecule has 2 heterocycles. The van der Waals surface area contributed by atoms with Crippen LogP contribution in [0.4, 0.5) is 0 Å². The smallest absolute Gasteiger partial charge is 0.109 e. The first-order chi connectivity index (χ1) is 8.84.